The fourth-order valence-electron chi connectivity index (χ4n) is 2.63. The summed E-state index contributed by atoms with van der Waals surface area (Å²) >= 11 is 12.0. The van der Waals surface area contributed by atoms with Gasteiger partial charge in [0, 0.05) is 5.69 Å². The summed E-state index contributed by atoms with van der Waals surface area (Å²) in [7, 11) is 0. The van der Waals surface area contributed by atoms with Crippen molar-refractivity contribution in [2.75, 3.05) is 5.32 Å². The van der Waals surface area contributed by atoms with Crippen molar-refractivity contribution in [3.63, 3.8) is 0 Å². The number of anilines is 1. The summed E-state index contributed by atoms with van der Waals surface area (Å²) in [5, 5.41) is 3.22. The molecule has 0 bridgehead atoms. The molecule has 0 atom stereocenters. The third-order valence-corrected chi connectivity index (χ3v) is 4.76. The molecule has 7 heteroatoms. The summed E-state index contributed by atoms with van der Waals surface area (Å²) in [5.41, 5.74) is 1.99. The van der Waals surface area contributed by atoms with Crippen molar-refractivity contribution in [2.45, 2.75) is 0 Å². The summed E-state index contributed by atoms with van der Waals surface area (Å²) in [6, 6.07) is 16.0. The van der Waals surface area contributed by atoms with Gasteiger partial charge in [0.05, 0.1) is 21.2 Å². The number of fused-ring (bicyclic) bond motifs is 1. The molecule has 4 aromatic rings. The molecule has 3 aromatic carbocycles. The van der Waals surface area contributed by atoms with Gasteiger partial charge < -0.3 is 9.73 Å². The van der Waals surface area contributed by atoms with Crippen LogP contribution in [0.4, 0.5) is 10.1 Å². The molecule has 1 heterocycles. The molecule has 1 amide bonds. The Bertz CT molecular complexity index is 1170. The normalized spacial score (nSPS) is 10.9. The maximum absolute atomic E-state index is 13.9. The first-order chi connectivity index (χ1) is 13.0. The van der Waals surface area contributed by atoms with Crippen molar-refractivity contribution < 1.29 is 13.6 Å². The van der Waals surface area contributed by atoms with Crippen LogP contribution in [0.1, 0.15) is 10.4 Å². The Morgan fingerprint density at radius 2 is 1.85 bits per heavy atom. The van der Waals surface area contributed by atoms with E-state index in [1.54, 1.807) is 54.6 Å². The van der Waals surface area contributed by atoms with Gasteiger partial charge in [-0.1, -0.05) is 41.4 Å². The van der Waals surface area contributed by atoms with Crippen molar-refractivity contribution >= 4 is 45.9 Å². The smallest absolute Gasteiger partial charge is 0.257 e. The van der Waals surface area contributed by atoms with E-state index in [-0.39, 0.29) is 22.0 Å². The lowest BCUT2D eigenvalue weighted by Gasteiger charge is -2.07. The molecule has 0 aliphatic rings. The number of carbonyl (C=O) groups excluding carboxylic acids is 1. The van der Waals surface area contributed by atoms with Crippen LogP contribution in [0.3, 0.4) is 0 Å². The van der Waals surface area contributed by atoms with Crippen LogP contribution in [0, 0.1) is 5.82 Å². The molecule has 134 valence electrons. The van der Waals surface area contributed by atoms with Gasteiger partial charge in [0.2, 0.25) is 5.89 Å². The number of hydrogen-bond acceptors (Lipinski definition) is 3. The standard InChI is InChI=1S/C20H11Cl2FN2O2/c21-14-6-3-5-13(18(14)22)19(26)24-11-8-9-17-16(10-11)25-20(27-17)12-4-1-2-7-15(12)23/h1-10H,(H,24,26). The zero-order valence-electron chi connectivity index (χ0n) is 13.7. The number of nitrogens with zero attached hydrogens (tertiary/aromatic N) is 1. The van der Waals surface area contributed by atoms with Crippen molar-refractivity contribution in [1.29, 1.82) is 0 Å². The molecular formula is C20H11Cl2FN2O2. The minimum absolute atomic E-state index is 0.171. The third-order valence-electron chi connectivity index (χ3n) is 3.95. The number of carbonyl (C=O) groups is 1. The van der Waals surface area contributed by atoms with E-state index < -0.39 is 11.7 Å². The van der Waals surface area contributed by atoms with E-state index >= 15 is 0 Å². The second-order valence-electron chi connectivity index (χ2n) is 5.74. The van der Waals surface area contributed by atoms with Gasteiger partial charge in [0.25, 0.3) is 5.91 Å². The maximum Gasteiger partial charge on any atom is 0.257 e. The number of rotatable bonds is 3. The molecule has 27 heavy (non-hydrogen) atoms. The number of aromatic nitrogens is 1. The van der Waals surface area contributed by atoms with Crippen LogP contribution in [0.2, 0.25) is 10.0 Å². The quantitative estimate of drug-likeness (QED) is 0.445. The Labute approximate surface area is 163 Å². The van der Waals surface area contributed by atoms with Gasteiger partial charge in [-0.15, -0.1) is 0 Å². The summed E-state index contributed by atoms with van der Waals surface area (Å²) in [5.74, 6) is -0.655. The maximum atomic E-state index is 13.9. The van der Waals surface area contributed by atoms with Crippen LogP contribution in [-0.4, -0.2) is 10.9 Å². The summed E-state index contributed by atoms with van der Waals surface area (Å²) in [6.45, 7) is 0. The van der Waals surface area contributed by atoms with Crippen molar-refractivity contribution in [3.05, 3.63) is 82.1 Å². The minimum Gasteiger partial charge on any atom is -0.436 e. The lowest BCUT2D eigenvalue weighted by atomic mass is 10.2. The molecule has 0 spiro atoms. The Morgan fingerprint density at radius 3 is 2.67 bits per heavy atom. The lowest BCUT2D eigenvalue weighted by molar-refractivity contribution is 0.102. The predicted octanol–water partition coefficient (Wildman–Crippen LogP) is 6.19. The number of nitrogens with one attached hydrogen (secondary N) is 1. The van der Waals surface area contributed by atoms with Crippen molar-refractivity contribution in [1.82, 2.24) is 4.98 Å². The van der Waals surface area contributed by atoms with Crippen LogP contribution < -0.4 is 5.32 Å². The van der Waals surface area contributed by atoms with Crippen LogP contribution in [0.5, 0.6) is 0 Å². The zero-order valence-corrected chi connectivity index (χ0v) is 15.2. The third kappa shape index (κ3) is 3.39. The first-order valence-corrected chi connectivity index (χ1v) is 8.69. The van der Waals surface area contributed by atoms with Gasteiger partial charge in [-0.3, -0.25) is 4.79 Å². The molecule has 0 fully saturated rings. The number of hydrogen-bond donors (Lipinski definition) is 1. The van der Waals surface area contributed by atoms with E-state index in [1.807, 2.05) is 0 Å². The number of amides is 1. The number of benzene rings is 3. The second kappa shape index (κ2) is 7.02. The number of halogens is 3. The molecular weight excluding hydrogens is 390 g/mol. The first-order valence-electron chi connectivity index (χ1n) is 7.94. The minimum atomic E-state index is -0.423. The molecule has 0 aliphatic heterocycles. The van der Waals surface area contributed by atoms with Crippen molar-refractivity contribution in [3.8, 4) is 11.5 Å². The molecule has 4 rings (SSSR count). The van der Waals surface area contributed by atoms with Gasteiger partial charge >= 0.3 is 0 Å². The van der Waals surface area contributed by atoms with Gasteiger partial charge in [-0.05, 0) is 42.5 Å². The molecule has 0 aliphatic carbocycles. The second-order valence-corrected chi connectivity index (χ2v) is 6.52. The fourth-order valence-corrected chi connectivity index (χ4v) is 3.02. The van der Waals surface area contributed by atoms with Gasteiger partial charge in [-0.25, -0.2) is 9.37 Å². The molecule has 4 nitrogen and oxygen atoms in total. The Kier molecular flexibility index (Phi) is 4.56. The Morgan fingerprint density at radius 1 is 1.04 bits per heavy atom. The van der Waals surface area contributed by atoms with E-state index in [4.69, 9.17) is 27.6 Å². The van der Waals surface area contributed by atoms with Crippen LogP contribution in [0.25, 0.3) is 22.6 Å². The predicted molar refractivity (Wildman–Crippen MR) is 104 cm³/mol. The zero-order chi connectivity index (χ0) is 19.0. The molecule has 1 aromatic heterocycles. The lowest BCUT2D eigenvalue weighted by Crippen LogP contribution is -2.12. The van der Waals surface area contributed by atoms with Gasteiger partial charge in [0.15, 0.2) is 5.58 Å². The van der Waals surface area contributed by atoms with Gasteiger partial charge in [-0.2, -0.15) is 0 Å². The molecule has 0 saturated heterocycles. The Balaban J connectivity index is 1.65. The van der Waals surface area contributed by atoms with E-state index in [0.717, 1.165) is 0 Å². The van der Waals surface area contributed by atoms with Gasteiger partial charge in [0.1, 0.15) is 11.3 Å². The highest BCUT2D eigenvalue weighted by Crippen LogP contribution is 2.29. The number of oxazole rings is 1. The van der Waals surface area contributed by atoms with E-state index in [9.17, 15) is 9.18 Å². The van der Waals surface area contributed by atoms with Crippen LogP contribution >= 0.6 is 23.2 Å². The highest BCUT2D eigenvalue weighted by Gasteiger charge is 2.15. The first kappa shape index (κ1) is 17.5. The summed E-state index contributed by atoms with van der Waals surface area (Å²) in [4.78, 5) is 16.8. The van der Waals surface area contributed by atoms with E-state index in [2.05, 4.69) is 10.3 Å². The van der Waals surface area contributed by atoms with Crippen LogP contribution in [-0.2, 0) is 0 Å². The SMILES string of the molecule is O=C(Nc1ccc2oc(-c3ccccc3F)nc2c1)c1cccc(Cl)c1Cl. The van der Waals surface area contributed by atoms with E-state index in [0.29, 0.717) is 21.8 Å². The molecule has 0 unspecified atom stereocenters. The molecule has 0 saturated carbocycles. The fraction of sp³-hybridized carbons (Fsp3) is 0. The summed E-state index contributed by atoms with van der Waals surface area (Å²) < 4.78 is 19.5. The molecule has 1 N–H and O–H groups in total. The Hall–Kier alpha value is -2.89. The van der Waals surface area contributed by atoms with Crippen LogP contribution in [0.15, 0.2) is 65.1 Å². The summed E-state index contributed by atoms with van der Waals surface area (Å²) in [6.07, 6.45) is 0. The topological polar surface area (TPSA) is 55.1 Å². The highest BCUT2D eigenvalue weighted by atomic mass is 35.5. The van der Waals surface area contributed by atoms with E-state index in [1.165, 1.54) is 6.07 Å². The largest absolute Gasteiger partial charge is 0.436 e. The molecule has 0 radical (unpaired) electrons. The monoisotopic (exact) mass is 400 g/mol. The average Bonchev–Trinajstić information content (AvgIpc) is 3.07. The van der Waals surface area contributed by atoms with Crippen molar-refractivity contribution in [2.24, 2.45) is 0 Å². The average molecular weight is 401 g/mol. The highest BCUT2D eigenvalue weighted by molar-refractivity contribution is 6.44.